The third-order valence-corrected chi connectivity index (χ3v) is 3.62. The molecule has 1 aromatic carbocycles. The van der Waals surface area contributed by atoms with Crippen LogP contribution in [0.15, 0.2) is 42.7 Å². The predicted octanol–water partition coefficient (Wildman–Crippen LogP) is 3.67. The Kier molecular flexibility index (Phi) is 4.32. The average molecular weight is 306 g/mol. The van der Waals surface area contributed by atoms with E-state index < -0.39 is 0 Å². The van der Waals surface area contributed by atoms with Gasteiger partial charge in [0.2, 0.25) is 0 Å². The number of benzene rings is 1. The molecule has 0 atom stereocenters. The number of nitrogens with one attached hydrogen (secondary N) is 1. The number of nitrogens with zero attached hydrogens (tertiary/aromatic N) is 2. The molecule has 0 saturated heterocycles. The van der Waals surface area contributed by atoms with Gasteiger partial charge in [-0.15, -0.1) is 12.4 Å². The molecular weight excluding hydrogens is 294 g/mol. The minimum atomic E-state index is -0.191. The van der Waals surface area contributed by atoms with E-state index in [0.717, 1.165) is 10.2 Å². The summed E-state index contributed by atoms with van der Waals surface area (Å²) in [6.45, 7) is 2.03. The lowest BCUT2D eigenvalue weighted by molar-refractivity contribution is 0.102. The zero-order valence-electron chi connectivity index (χ0n) is 10.7. The van der Waals surface area contributed by atoms with E-state index in [1.807, 2.05) is 19.1 Å². The number of pyridine rings is 1. The van der Waals surface area contributed by atoms with Gasteiger partial charge in [-0.3, -0.25) is 15.1 Å². The highest BCUT2D eigenvalue weighted by atomic mass is 35.5. The van der Waals surface area contributed by atoms with Crippen LogP contribution in [-0.2, 0) is 0 Å². The van der Waals surface area contributed by atoms with Crippen LogP contribution in [0, 0.1) is 6.92 Å². The fourth-order valence-corrected chi connectivity index (χ4v) is 2.71. The first-order valence-corrected chi connectivity index (χ1v) is 6.62. The molecular formula is C14H12ClN3OS. The molecule has 0 bridgehead atoms. The van der Waals surface area contributed by atoms with Crippen molar-refractivity contribution in [2.45, 2.75) is 6.92 Å². The Balaban J connectivity index is 0.00000147. The van der Waals surface area contributed by atoms with Crippen molar-refractivity contribution in [3.63, 3.8) is 0 Å². The highest BCUT2D eigenvalue weighted by Crippen LogP contribution is 2.26. The largest absolute Gasteiger partial charge is 0.298 e. The summed E-state index contributed by atoms with van der Waals surface area (Å²) in [4.78, 5) is 20.3. The number of fused-ring (bicyclic) bond motifs is 1. The van der Waals surface area contributed by atoms with Crippen molar-refractivity contribution in [2.75, 3.05) is 5.32 Å². The topological polar surface area (TPSA) is 54.9 Å². The van der Waals surface area contributed by atoms with Crippen LogP contribution >= 0.6 is 23.7 Å². The van der Waals surface area contributed by atoms with Crippen molar-refractivity contribution in [3.05, 3.63) is 53.9 Å². The van der Waals surface area contributed by atoms with Gasteiger partial charge in [0.05, 0.1) is 15.8 Å². The molecule has 0 saturated carbocycles. The van der Waals surface area contributed by atoms with Crippen molar-refractivity contribution < 1.29 is 4.79 Å². The van der Waals surface area contributed by atoms with Crippen LogP contribution in [0.25, 0.3) is 10.2 Å². The normalized spacial score (nSPS) is 10.1. The van der Waals surface area contributed by atoms with Crippen LogP contribution in [0.2, 0.25) is 0 Å². The fourth-order valence-electron chi connectivity index (χ4n) is 1.75. The van der Waals surface area contributed by atoms with E-state index >= 15 is 0 Å². The van der Waals surface area contributed by atoms with Crippen molar-refractivity contribution in [3.8, 4) is 0 Å². The summed E-state index contributed by atoms with van der Waals surface area (Å²) in [7, 11) is 0. The third kappa shape index (κ3) is 2.95. The number of hydrogen-bond acceptors (Lipinski definition) is 4. The van der Waals surface area contributed by atoms with E-state index in [0.29, 0.717) is 10.7 Å². The minimum Gasteiger partial charge on any atom is -0.298 e. The molecule has 4 nitrogen and oxygen atoms in total. The van der Waals surface area contributed by atoms with E-state index in [1.165, 1.54) is 23.1 Å². The van der Waals surface area contributed by atoms with Crippen LogP contribution in [0.1, 0.15) is 15.9 Å². The van der Waals surface area contributed by atoms with Crippen molar-refractivity contribution in [1.82, 2.24) is 9.97 Å². The maximum Gasteiger partial charge on any atom is 0.259 e. The molecule has 0 fully saturated rings. The number of thiazole rings is 1. The summed E-state index contributed by atoms with van der Waals surface area (Å²) < 4.78 is 1.07. The Morgan fingerprint density at radius 3 is 2.90 bits per heavy atom. The molecule has 3 aromatic rings. The lowest BCUT2D eigenvalue weighted by Gasteiger charge is -1.99. The number of aryl methyl sites for hydroxylation is 1. The van der Waals surface area contributed by atoms with Crippen LogP contribution in [0.3, 0.4) is 0 Å². The van der Waals surface area contributed by atoms with Gasteiger partial charge in [0.25, 0.3) is 5.91 Å². The van der Waals surface area contributed by atoms with Gasteiger partial charge >= 0.3 is 0 Å². The van der Waals surface area contributed by atoms with Gasteiger partial charge in [0.15, 0.2) is 5.13 Å². The van der Waals surface area contributed by atoms with Gasteiger partial charge in [0, 0.05) is 12.4 Å². The minimum absolute atomic E-state index is 0. The summed E-state index contributed by atoms with van der Waals surface area (Å²) in [6.07, 6.45) is 3.17. The molecule has 0 radical (unpaired) electrons. The summed E-state index contributed by atoms with van der Waals surface area (Å²) in [5.74, 6) is -0.191. The van der Waals surface area contributed by atoms with E-state index in [1.54, 1.807) is 18.3 Å². The average Bonchev–Trinajstić information content (AvgIpc) is 2.81. The fraction of sp³-hybridized carbons (Fsp3) is 0.0714. The first-order valence-electron chi connectivity index (χ1n) is 5.81. The number of amides is 1. The summed E-state index contributed by atoms with van der Waals surface area (Å²) in [5, 5.41) is 3.40. The Bertz CT molecular complexity index is 743. The smallest absolute Gasteiger partial charge is 0.259 e. The number of hydrogen-bond donors (Lipinski definition) is 1. The van der Waals surface area contributed by atoms with Crippen LogP contribution in [0.4, 0.5) is 5.13 Å². The molecule has 102 valence electrons. The molecule has 1 N–H and O–H groups in total. The Morgan fingerprint density at radius 1 is 1.30 bits per heavy atom. The monoisotopic (exact) mass is 305 g/mol. The molecule has 0 spiro atoms. The lowest BCUT2D eigenvalue weighted by atomic mass is 10.2. The maximum absolute atomic E-state index is 12.0. The highest BCUT2D eigenvalue weighted by molar-refractivity contribution is 7.22. The van der Waals surface area contributed by atoms with E-state index in [-0.39, 0.29) is 18.3 Å². The number of carbonyl (C=O) groups excluding carboxylic acids is 1. The summed E-state index contributed by atoms with van der Waals surface area (Å²) in [6, 6.07) is 9.48. The number of anilines is 1. The zero-order chi connectivity index (χ0) is 13.2. The second kappa shape index (κ2) is 5.98. The third-order valence-electron chi connectivity index (χ3n) is 2.69. The Morgan fingerprint density at radius 2 is 2.15 bits per heavy atom. The van der Waals surface area contributed by atoms with Crippen LogP contribution < -0.4 is 5.32 Å². The van der Waals surface area contributed by atoms with Crippen LogP contribution in [0.5, 0.6) is 0 Å². The number of halogens is 1. The molecule has 20 heavy (non-hydrogen) atoms. The molecule has 1 amide bonds. The number of rotatable bonds is 2. The van der Waals surface area contributed by atoms with Gasteiger partial charge in [-0.05, 0) is 36.8 Å². The number of aromatic nitrogens is 2. The van der Waals surface area contributed by atoms with Gasteiger partial charge in [-0.25, -0.2) is 4.98 Å². The second-order valence-electron chi connectivity index (χ2n) is 4.19. The quantitative estimate of drug-likeness (QED) is 0.786. The molecule has 0 aliphatic rings. The number of carbonyl (C=O) groups is 1. The zero-order valence-corrected chi connectivity index (χ0v) is 12.3. The molecule has 3 rings (SSSR count). The maximum atomic E-state index is 12.0. The molecule has 2 aromatic heterocycles. The van der Waals surface area contributed by atoms with Crippen molar-refractivity contribution >= 4 is 45.0 Å². The lowest BCUT2D eigenvalue weighted by Crippen LogP contribution is -2.11. The summed E-state index contributed by atoms with van der Waals surface area (Å²) in [5.41, 5.74) is 2.61. The van der Waals surface area contributed by atoms with Gasteiger partial charge in [0.1, 0.15) is 0 Å². The molecule has 6 heteroatoms. The second-order valence-corrected chi connectivity index (χ2v) is 5.22. The van der Waals surface area contributed by atoms with Crippen molar-refractivity contribution in [1.29, 1.82) is 0 Å². The first-order chi connectivity index (χ1) is 9.22. The van der Waals surface area contributed by atoms with E-state index in [9.17, 15) is 4.79 Å². The molecule has 0 aliphatic heterocycles. The van der Waals surface area contributed by atoms with E-state index in [2.05, 4.69) is 21.4 Å². The van der Waals surface area contributed by atoms with Gasteiger partial charge in [-0.1, -0.05) is 17.4 Å². The van der Waals surface area contributed by atoms with Gasteiger partial charge in [-0.2, -0.15) is 0 Å². The first kappa shape index (κ1) is 14.4. The molecule has 0 unspecified atom stereocenters. The Labute approximate surface area is 126 Å². The SMILES string of the molecule is Cc1ccc2nc(NC(=O)c3cccnc3)sc2c1.Cl. The van der Waals surface area contributed by atoms with Crippen molar-refractivity contribution in [2.24, 2.45) is 0 Å². The molecule has 0 aliphatic carbocycles. The van der Waals surface area contributed by atoms with Gasteiger partial charge < -0.3 is 0 Å². The van der Waals surface area contributed by atoms with Crippen LogP contribution in [-0.4, -0.2) is 15.9 Å². The highest BCUT2D eigenvalue weighted by Gasteiger charge is 2.09. The predicted molar refractivity (Wildman–Crippen MR) is 83.8 cm³/mol. The Hall–Kier alpha value is -1.98. The van der Waals surface area contributed by atoms with E-state index in [4.69, 9.17) is 0 Å². The molecule has 2 heterocycles. The summed E-state index contributed by atoms with van der Waals surface area (Å²) >= 11 is 1.47. The standard InChI is InChI=1S/C14H11N3OS.ClH/c1-9-4-5-11-12(7-9)19-14(16-11)17-13(18)10-3-2-6-15-8-10;/h2-8H,1H3,(H,16,17,18);1H.